The van der Waals surface area contributed by atoms with Crippen molar-refractivity contribution in [3.05, 3.63) is 0 Å². The third-order valence-corrected chi connectivity index (χ3v) is 4.78. The molecule has 1 saturated carbocycles. The van der Waals surface area contributed by atoms with Gasteiger partial charge in [-0.05, 0) is 25.7 Å². The number of nitrogens with two attached hydrogens (primary N) is 1. The van der Waals surface area contributed by atoms with Crippen LogP contribution in [0.3, 0.4) is 0 Å². The summed E-state index contributed by atoms with van der Waals surface area (Å²) in [6, 6.07) is 0.172. The maximum absolute atomic E-state index is 12.0. The smallest absolute Gasteiger partial charge is 0.279 e. The van der Waals surface area contributed by atoms with Crippen molar-refractivity contribution in [1.82, 2.24) is 9.03 Å². The summed E-state index contributed by atoms with van der Waals surface area (Å²) in [6.07, 6.45) is 4.86. The summed E-state index contributed by atoms with van der Waals surface area (Å²) in [4.78, 5) is 0. The highest BCUT2D eigenvalue weighted by molar-refractivity contribution is 7.87. The predicted octanol–water partition coefficient (Wildman–Crippen LogP) is -0.204. The van der Waals surface area contributed by atoms with Gasteiger partial charge in [0.1, 0.15) is 0 Å². The second-order valence-electron chi connectivity index (χ2n) is 4.39. The molecular weight excluding hydrogens is 214 g/mol. The molecule has 0 amide bonds. The van der Waals surface area contributed by atoms with E-state index in [9.17, 15) is 8.42 Å². The van der Waals surface area contributed by atoms with Gasteiger partial charge in [-0.3, -0.25) is 0 Å². The van der Waals surface area contributed by atoms with Gasteiger partial charge in [-0.2, -0.15) is 17.4 Å². The van der Waals surface area contributed by atoms with Crippen molar-refractivity contribution in [2.24, 2.45) is 5.73 Å². The molecule has 1 aliphatic heterocycles. The molecule has 15 heavy (non-hydrogen) atoms. The molecule has 5 nitrogen and oxygen atoms in total. The van der Waals surface area contributed by atoms with E-state index in [0.29, 0.717) is 13.1 Å². The molecule has 0 aromatic rings. The maximum Gasteiger partial charge on any atom is 0.279 e. The van der Waals surface area contributed by atoms with Gasteiger partial charge in [0.15, 0.2) is 0 Å². The topological polar surface area (TPSA) is 75.4 Å². The molecule has 1 saturated heterocycles. The second kappa shape index (κ2) is 4.37. The Morgan fingerprint density at radius 2 is 2.00 bits per heavy atom. The monoisotopic (exact) mass is 233 g/mol. The van der Waals surface area contributed by atoms with E-state index in [1.165, 1.54) is 0 Å². The van der Waals surface area contributed by atoms with Crippen molar-refractivity contribution in [3.8, 4) is 0 Å². The Balaban J connectivity index is 2.04. The first-order valence-corrected chi connectivity index (χ1v) is 7.06. The van der Waals surface area contributed by atoms with Crippen LogP contribution in [-0.4, -0.2) is 37.9 Å². The first kappa shape index (κ1) is 11.3. The number of nitrogens with zero attached hydrogens (tertiary/aromatic N) is 1. The minimum atomic E-state index is -3.28. The third-order valence-electron chi connectivity index (χ3n) is 3.05. The van der Waals surface area contributed by atoms with Gasteiger partial charge >= 0.3 is 0 Å². The molecule has 88 valence electrons. The fraction of sp³-hybridized carbons (Fsp3) is 1.00. The van der Waals surface area contributed by atoms with Crippen LogP contribution in [0.15, 0.2) is 0 Å². The van der Waals surface area contributed by atoms with Gasteiger partial charge in [-0.25, -0.2) is 0 Å². The van der Waals surface area contributed by atoms with E-state index >= 15 is 0 Å². The van der Waals surface area contributed by atoms with Crippen LogP contribution in [0.4, 0.5) is 0 Å². The van der Waals surface area contributed by atoms with Gasteiger partial charge in [0.25, 0.3) is 10.2 Å². The molecule has 1 heterocycles. The molecule has 0 bridgehead atoms. The van der Waals surface area contributed by atoms with Crippen molar-refractivity contribution in [2.45, 2.75) is 44.2 Å². The molecule has 2 rings (SSSR count). The van der Waals surface area contributed by atoms with Crippen molar-refractivity contribution >= 4 is 10.2 Å². The minimum absolute atomic E-state index is 0.00463. The average molecular weight is 233 g/mol. The first-order valence-electron chi connectivity index (χ1n) is 5.62. The van der Waals surface area contributed by atoms with E-state index in [0.717, 1.165) is 32.1 Å². The van der Waals surface area contributed by atoms with Gasteiger partial charge in [-0.15, -0.1) is 0 Å². The first-order chi connectivity index (χ1) is 7.13. The Morgan fingerprint density at radius 1 is 1.27 bits per heavy atom. The zero-order valence-corrected chi connectivity index (χ0v) is 9.67. The Kier molecular flexibility index (Phi) is 3.30. The largest absolute Gasteiger partial charge is 0.329 e. The van der Waals surface area contributed by atoms with E-state index in [4.69, 9.17) is 5.73 Å². The van der Waals surface area contributed by atoms with Gasteiger partial charge in [0.05, 0.1) is 0 Å². The summed E-state index contributed by atoms with van der Waals surface area (Å²) >= 11 is 0. The highest BCUT2D eigenvalue weighted by Crippen LogP contribution is 2.24. The van der Waals surface area contributed by atoms with E-state index in [1.54, 1.807) is 4.31 Å². The predicted molar refractivity (Wildman–Crippen MR) is 58.5 cm³/mol. The molecule has 0 aromatic heterocycles. The average Bonchev–Trinajstić information content (AvgIpc) is 3.01. The summed E-state index contributed by atoms with van der Waals surface area (Å²) < 4.78 is 28.2. The molecule has 1 atom stereocenters. The summed E-state index contributed by atoms with van der Waals surface area (Å²) in [5.74, 6) is 0. The van der Waals surface area contributed by atoms with Crippen molar-refractivity contribution < 1.29 is 8.42 Å². The molecule has 0 radical (unpaired) electrons. The second-order valence-corrected chi connectivity index (χ2v) is 6.05. The highest BCUT2D eigenvalue weighted by atomic mass is 32.2. The Morgan fingerprint density at radius 3 is 2.60 bits per heavy atom. The number of piperidine rings is 1. The molecule has 1 aliphatic carbocycles. The lowest BCUT2D eigenvalue weighted by Crippen LogP contribution is -2.52. The van der Waals surface area contributed by atoms with E-state index in [2.05, 4.69) is 4.72 Å². The number of nitrogens with one attached hydrogen (secondary N) is 1. The van der Waals surface area contributed by atoms with E-state index in [-0.39, 0.29) is 12.1 Å². The molecule has 0 spiro atoms. The molecule has 3 N–H and O–H groups in total. The lowest BCUT2D eigenvalue weighted by molar-refractivity contribution is 0.254. The van der Waals surface area contributed by atoms with E-state index in [1.807, 2.05) is 0 Å². The molecule has 2 aliphatic rings. The van der Waals surface area contributed by atoms with Crippen LogP contribution in [0.5, 0.6) is 0 Å². The van der Waals surface area contributed by atoms with Crippen LogP contribution in [0.2, 0.25) is 0 Å². The third kappa shape index (κ3) is 2.69. The zero-order valence-electron chi connectivity index (χ0n) is 8.85. The number of hydrogen-bond acceptors (Lipinski definition) is 3. The molecular formula is C9H19N3O2S. The molecule has 0 aromatic carbocycles. The number of rotatable bonds is 4. The van der Waals surface area contributed by atoms with Crippen LogP contribution in [0, 0.1) is 0 Å². The zero-order chi connectivity index (χ0) is 10.9. The lowest BCUT2D eigenvalue weighted by atomic mass is 10.1. The lowest BCUT2D eigenvalue weighted by Gasteiger charge is -2.33. The quantitative estimate of drug-likeness (QED) is 0.706. The minimum Gasteiger partial charge on any atom is -0.329 e. The van der Waals surface area contributed by atoms with Crippen molar-refractivity contribution in [3.63, 3.8) is 0 Å². The standard InChI is InChI=1S/C9H19N3O2S/c10-7-9-3-1-2-6-12(9)15(13,14)11-8-4-5-8/h8-9,11H,1-7,10H2. The summed E-state index contributed by atoms with van der Waals surface area (Å²) in [7, 11) is -3.28. The van der Waals surface area contributed by atoms with E-state index < -0.39 is 10.2 Å². The summed E-state index contributed by atoms with van der Waals surface area (Å²) in [6.45, 7) is 1.04. The summed E-state index contributed by atoms with van der Waals surface area (Å²) in [5.41, 5.74) is 5.60. The Labute approximate surface area is 91.2 Å². The van der Waals surface area contributed by atoms with Gasteiger partial charge < -0.3 is 5.73 Å². The van der Waals surface area contributed by atoms with Gasteiger partial charge in [0.2, 0.25) is 0 Å². The van der Waals surface area contributed by atoms with Crippen LogP contribution >= 0.6 is 0 Å². The van der Waals surface area contributed by atoms with Crippen LogP contribution in [0.1, 0.15) is 32.1 Å². The SMILES string of the molecule is NCC1CCCCN1S(=O)(=O)NC1CC1. The molecule has 1 unspecified atom stereocenters. The highest BCUT2D eigenvalue weighted by Gasteiger charge is 2.35. The fourth-order valence-corrected chi connectivity index (χ4v) is 3.75. The Bertz CT molecular complexity index is 313. The maximum atomic E-state index is 12.0. The van der Waals surface area contributed by atoms with Crippen LogP contribution in [0.25, 0.3) is 0 Å². The van der Waals surface area contributed by atoms with Crippen LogP contribution in [-0.2, 0) is 10.2 Å². The fourth-order valence-electron chi connectivity index (χ4n) is 2.01. The van der Waals surface area contributed by atoms with Gasteiger partial charge in [-0.1, -0.05) is 6.42 Å². The number of hydrogen-bond donors (Lipinski definition) is 2. The Hall–Kier alpha value is -0.170. The normalized spacial score (nSPS) is 29.3. The summed E-state index contributed by atoms with van der Waals surface area (Å²) in [5, 5.41) is 0. The molecule has 6 heteroatoms. The van der Waals surface area contributed by atoms with Crippen molar-refractivity contribution in [2.75, 3.05) is 13.1 Å². The van der Waals surface area contributed by atoms with Gasteiger partial charge in [0, 0.05) is 25.2 Å². The van der Waals surface area contributed by atoms with Crippen LogP contribution < -0.4 is 10.5 Å². The molecule has 2 fully saturated rings. The van der Waals surface area contributed by atoms with Crippen molar-refractivity contribution in [1.29, 1.82) is 0 Å².